The van der Waals surface area contributed by atoms with Crippen molar-refractivity contribution in [1.82, 2.24) is 0 Å². The number of nitrogens with two attached hydrogens (primary N) is 1. The first-order valence-electron chi connectivity index (χ1n) is 4.92. The van der Waals surface area contributed by atoms with Gasteiger partial charge in [0.1, 0.15) is 9.84 Å². The van der Waals surface area contributed by atoms with Gasteiger partial charge in [-0.15, -0.1) is 11.8 Å². The van der Waals surface area contributed by atoms with Gasteiger partial charge < -0.3 is 10.9 Å². The summed E-state index contributed by atoms with van der Waals surface area (Å²) in [7, 11) is -3.01. The van der Waals surface area contributed by atoms with Crippen LogP contribution >= 0.6 is 23.4 Å². The van der Waals surface area contributed by atoms with Crippen LogP contribution in [0.25, 0.3) is 0 Å². The van der Waals surface area contributed by atoms with Crippen molar-refractivity contribution in [2.45, 2.75) is 4.90 Å². The van der Waals surface area contributed by atoms with Crippen LogP contribution in [0, 0.1) is 0 Å². The molecule has 0 aliphatic carbocycles. The quantitative estimate of drug-likeness (QED) is 0.283. The highest BCUT2D eigenvalue weighted by molar-refractivity contribution is 8.00. The van der Waals surface area contributed by atoms with E-state index < -0.39 is 9.84 Å². The molecule has 0 atom stereocenters. The van der Waals surface area contributed by atoms with Gasteiger partial charge in [-0.25, -0.2) is 8.42 Å². The van der Waals surface area contributed by atoms with Crippen LogP contribution in [0.1, 0.15) is 5.56 Å². The molecule has 1 aromatic rings. The summed E-state index contributed by atoms with van der Waals surface area (Å²) in [5, 5.41) is 12.0. The van der Waals surface area contributed by atoms with Gasteiger partial charge in [-0.05, 0) is 12.1 Å². The van der Waals surface area contributed by atoms with Crippen LogP contribution in [0.5, 0.6) is 0 Å². The predicted octanol–water partition coefficient (Wildman–Crippen LogP) is 1.57. The molecular weight excluding hydrogens is 296 g/mol. The van der Waals surface area contributed by atoms with E-state index in [1.165, 1.54) is 18.0 Å². The van der Waals surface area contributed by atoms with Crippen molar-refractivity contribution < 1.29 is 13.6 Å². The SMILES string of the molecule is CS(=O)(=O)CCSc1cccc(Cl)c1C(N)=NO. The summed E-state index contributed by atoms with van der Waals surface area (Å²) in [5.41, 5.74) is 5.95. The summed E-state index contributed by atoms with van der Waals surface area (Å²) in [6.07, 6.45) is 1.18. The zero-order valence-electron chi connectivity index (χ0n) is 9.63. The maximum Gasteiger partial charge on any atom is 0.172 e. The standard InChI is InChI=1S/C10H13ClN2O3S2/c1-18(15,16)6-5-17-8-4-2-3-7(11)9(8)10(12)13-14/h2-4,14H,5-6H2,1H3,(H2,12,13). The Labute approximate surface area is 115 Å². The summed E-state index contributed by atoms with van der Waals surface area (Å²) in [5.74, 6) is 0.340. The Hall–Kier alpha value is -0.920. The highest BCUT2D eigenvalue weighted by Gasteiger charge is 2.12. The van der Waals surface area contributed by atoms with Crippen molar-refractivity contribution in [2.75, 3.05) is 17.8 Å². The van der Waals surface area contributed by atoms with Crippen LogP contribution in [0.2, 0.25) is 5.02 Å². The van der Waals surface area contributed by atoms with Crippen LogP contribution in [-0.2, 0) is 9.84 Å². The van der Waals surface area contributed by atoms with Crippen LogP contribution in [0.4, 0.5) is 0 Å². The number of nitrogens with zero attached hydrogens (tertiary/aromatic N) is 1. The van der Waals surface area contributed by atoms with Crippen LogP contribution in [-0.4, -0.2) is 37.2 Å². The number of sulfone groups is 1. The highest BCUT2D eigenvalue weighted by Crippen LogP contribution is 2.28. The van der Waals surface area contributed by atoms with Crippen molar-refractivity contribution in [1.29, 1.82) is 0 Å². The fourth-order valence-electron chi connectivity index (χ4n) is 1.23. The van der Waals surface area contributed by atoms with Gasteiger partial charge in [-0.2, -0.15) is 0 Å². The van der Waals surface area contributed by atoms with Crippen LogP contribution in [0.3, 0.4) is 0 Å². The molecule has 8 heteroatoms. The number of thioether (sulfide) groups is 1. The molecule has 0 heterocycles. The Morgan fingerprint density at radius 3 is 2.78 bits per heavy atom. The number of oxime groups is 1. The third-order valence-corrected chi connectivity index (χ3v) is 4.63. The first kappa shape index (κ1) is 15.1. The van der Waals surface area contributed by atoms with E-state index in [9.17, 15) is 8.42 Å². The minimum absolute atomic E-state index is 0.0553. The minimum atomic E-state index is -3.01. The van der Waals surface area contributed by atoms with Gasteiger partial charge in [-0.1, -0.05) is 22.8 Å². The molecule has 3 N–H and O–H groups in total. The number of hydrogen-bond donors (Lipinski definition) is 2. The van der Waals surface area contributed by atoms with Crippen LogP contribution < -0.4 is 5.73 Å². The summed E-state index contributed by atoms with van der Waals surface area (Å²) in [6, 6.07) is 5.08. The lowest BCUT2D eigenvalue weighted by Crippen LogP contribution is -2.15. The maximum atomic E-state index is 11.0. The smallest absolute Gasteiger partial charge is 0.172 e. The fourth-order valence-corrected chi connectivity index (χ4v) is 3.85. The minimum Gasteiger partial charge on any atom is -0.409 e. The first-order chi connectivity index (χ1) is 8.35. The lowest BCUT2D eigenvalue weighted by Gasteiger charge is -2.09. The van der Waals surface area contributed by atoms with E-state index in [0.717, 1.165) is 0 Å². The van der Waals surface area contributed by atoms with Gasteiger partial charge in [0.15, 0.2) is 5.84 Å². The molecule has 0 saturated carbocycles. The van der Waals surface area contributed by atoms with Gasteiger partial charge in [0, 0.05) is 16.9 Å². The van der Waals surface area contributed by atoms with Gasteiger partial charge >= 0.3 is 0 Å². The van der Waals surface area contributed by atoms with E-state index in [-0.39, 0.29) is 11.6 Å². The molecule has 0 aromatic heterocycles. The number of halogens is 1. The predicted molar refractivity (Wildman–Crippen MR) is 74.4 cm³/mol. The largest absolute Gasteiger partial charge is 0.409 e. The second-order valence-corrected chi connectivity index (χ2v) is 7.38. The summed E-state index contributed by atoms with van der Waals surface area (Å²) in [6.45, 7) is 0. The molecule has 1 aromatic carbocycles. The average Bonchev–Trinajstić information content (AvgIpc) is 2.26. The fraction of sp³-hybridized carbons (Fsp3) is 0.300. The maximum absolute atomic E-state index is 11.0. The lowest BCUT2D eigenvalue weighted by atomic mass is 10.2. The molecular formula is C10H13ClN2O3S2. The van der Waals surface area contributed by atoms with Crippen molar-refractivity contribution in [3.8, 4) is 0 Å². The molecule has 0 saturated heterocycles. The molecule has 0 spiro atoms. The molecule has 0 radical (unpaired) electrons. The van der Waals surface area contributed by atoms with E-state index in [0.29, 0.717) is 21.2 Å². The molecule has 1 rings (SSSR count). The number of hydrogen-bond acceptors (Lipinski definition) is 5. The zero-order valence-corrected chi connectivity index (χ0v) is 12.0. The molecule has 0 aliphatic heterocycles. The lowest BCUT2D eigenvalue weighted by molar-refractivity contribution is 0.318. The Morgan fingerprint density at radius 1 is 1.56 bits per heavy atom. The highest BCUT2D eigenvalue weighted by atomic mass is 35.5. The second-order valence-electron chi connectivity index (χ2n) is 3.58. The molecule has 5 nitrogen and oxygen atoms in total. The van der Waals surface area contributed by atoms with Gasteiger partial charge in [0.25, 0.3) is 0 Å². The average molecular weight is 309 g/mol. The molecule has 100 valence electrons. The molecule has 0 bridgehead atoms. The van der Waals surface area contributed by atoms with Crippen molar-refractivity contribution in [3.63, 3.8) is 0 Å². The van der Waals surface area contributed by atoms with Crippen LogP contribution in [0.15, 0.2) is 28.3 Å². The normalized spacial score (nSPS) is 12.7. The van der Waals surface area contributed by atoms with Gasteiger partial charge in [-0.3, -0.25) is 0 Å². The molecule has 0 aliphatic rings. The summed E-state index contributed by atoms with van der Waals surface area (Å²) < 4.78 is 22.1. The van der Waals surface area contributed by atoms with E-state index in [1.54, 1.807) is 18.2 Å². The number of rotatable bonds is 5. The Morgan fingerprint density at radius 2 is 2.22 bits per heavy atom. The summed E-state index contributed by atoms with van der Waals surface area (Å²) in [4.78, 5) is 0.682. The zero-order chi connectivity index (χ0) is 13.8. The molecule has 0 unspecified atom stereocenters. The monoisotopic (exact) mass is 308 g/mol. The first-order valence-corrected chi connectivity index (χ1v) is 8.34. The van der Waals surface area contributed by atoms with Crippen molar-refractivity contribution >= 4 is 39.0 Å². The van der Waals surface area contributed by atoms with E-state index >= 15 is 0 Å². The van der Waals surface area contributed by atoms with Crippen molar-refractivity contribution in [3.05, 3.63) is 28.8 Å². The van der Waals surface area contributed by atoms with Gasteiger partial charge in [0.05, 0.1) is 16.3 Å². The third kappa shape index (κ3) is 4.40. The van der Waals surface area contributed by atoms with E-state index in [2.05, 4.69) is 5.16 Å². The number of benzene rings is 1. The Bertz CT molecular complexity index is 558. The third-order valence-electron chi connectivity index (χ3n) is 2.05. The molecule has 0 amide bonds. The molecule has 18 heavy (non-hydrogen) atoms. The van der Waals surface area contributed by atoms with E-state index in [1.807, 2.05) is 0 Å². The molecule has 0 fully saturated rings. The summed E-state index contributed by atoms with van der Waals surface area (Å²) >= 11 is 7.26. The Kier molecular flexibility index (Phi) is 5.30. The second kappa shape index (κ2) is 6.31. The Balaban J connectivity index is 2.93. The number of amidine groups is 1. The van der Waals surface area contributed by atoms with Crippen molar-refractivity contribution in [2.24, 2.45) is 10.9 Å². The van der Waals surface area contributed by atoms with Gasteiger partial charge in [0.2, 0.25) is 0 Å². The van der Waals surface area contributed by atoms with E-state index in [4.69, 9.17) is 22.5 Å². The topological polar surface area (TPSA) is 92.8 Å².